The molecule has 26 heavy (non-hydrogen) atoms. The minimum Gasteiger partial charge on any atom is -0.305 e. The number of halogens is 10. The Balaban J connectivity index is 2.61. The second kappa shape index (κ2) is 5.76. The van der Waals surface area contributed by atoms with E-state index >= 15 is 0 Å². The fraction of sp³-hybridized carbons (Fsp3) is 0.667. The van der Waals surface area contributed by atoms with Gasteiger partial charge in [0.2, 0.25) is 11.7 Å². The molecule has 1 heterocycles. The summed E-state index contributed by atoms with van der Waals surface area (Å²) in [6, 6.07) is 0. The van der Waals surface area contributed by atoms with Gasteiger partial charge in [-0.15, -0.1) is 0 Å². The number of carbonyl (C=O) groups is 1. The predicted molar refractivity (Wildman–Crippen MR) is 69.5 cm³/mol. The van der Waals surface area contributed by atoms with E-state index in [0.717, 1.165) is 0 Å². The summed E-state index contributed by atoms with van der Waals surface area (Å²) in [6.45, 7) is 1.34. The summed E-state index contributed by atoms with van der Waals surface area (Å²) >= 11 is -0.859. The Morgan fingerprint density at radius 1 is 1.04 bits per heavy atom. The molecule has 1 N–H and O–H groups in total. The van der Waals surface area contributed by atoms with Gasteiger partial charge >= 0.3 is 18.5 Å². The molecule has 1 saturated carbocycles. The molecule has 1 aliphatic heterocycles. The molecule has 14 heteroatoms. The second-order valence-electron chi connectivity index (χ2n) is 5.88. The average Bonchev–Trinajstić information content (AvgIpc) is 3.04. The molecule has 0 aromatic rings. The summed E-state index contributed by atoms with van der Waals surface area (Å²) in [5.41, 5.74) is -6.53. The largest absolute Gasteiger partial charge is 0.443 e. The van der Waals surface area contributed by atoms with Gasteiger partial charge in [0.05, 0.1) is 4.91 Å². The van der Waals surface area contributed by atoms with Crippen LogP contribution in [-0.2, 0) is 4.79 Å². The van der Waals surface area contributed by atoms with E-state index in [2.05, 4.69) is 4.99 Å². The molecule has 2 aliphatic rings. The third kappa shape index (κ3) is 3.27. The van der Waals surface area contributed by atoms with Crippen molar-refractivity contribution in [2.24, 2.45) is 10.4 Å². The number of rotatable bonds is 1. The zero-order valence-electron chi connectivity index (χ0n) is 12.5. The third-order valence-corrected chi connectivity index (χ3v) is 4.90. The molecule has 0 radical (unpaired) electrons. The van der Waals surface area contributed by atoms with Crippen LogP contribution in [0.3, 0.4) is 0 Å². The van der Waals surface area contributed by atoms with Crippen molar-refractivity contribution < 1.29 is 48.7 Å². The summed E-state index contributed by atoms with van der Waals surface area (Å²) in [4.78, 5) is 11.3. The minimum absolute atomic E-state index is 0.278. The van der Waals surface area contributed by atoms with Gasteiger partial charge in [-0.25, -0.2) is 9.38 Å². The summed E-state index contributed by atoms with van der Waals surface area (Å²) in [6.07, 6.45) is -18.4. The lowest BCUT2D eigenvalue weighted by Gasteiger charge is -2.31. The highest BCUT2D eigenvalue weighted by molar-refractivity contribution is 8.17. The molecule has 0 bridgehead atoms. The van der Waals surface area contributed by atoms with Crippen molar-refractivity contribution in [3.63, 3.8) is 0 Å². The fourth-order valence-electron chi connectivity index (χ4n) is 1.99. The summed E-state index contributed by atoms with van der Waals surface area (Å²) in [5, 5.41) is 0.212. The summed E-state index contributed by atoms with van der Waals surface area (Å²) in [7, 11) is 0. The van der Waals surface area contributed by atoms with Crippen LogP contribution < -0.4 is 5.32 Å². The zero-order chi connectivity index (χ0) is 20.3. The van der Waals surface area contributed by atoms with E-state index in [1.165, 1.54) is 6.92 Å². The van der Waals surface area contributed by atoms with Crippen LogP contribution in [0.5, 0.6) is 0 Å². The van der Waals surface area contributed by atoms with Crippen molar-refractivity contribution in [1.29, 1.82) is 0 Å². The fourth-order valence-corrected chi connectivity index (χ4v) is 3.14. The molecule has 2 rings (SSSR count). The summed E-state index contributed by atoms with van der Waals surface area (Å²) < 4.78 is 130. The maximum absolute atomic E-state index is 13.5. The van der Waals surface area contributed by atoms with Crippen molar-refractivity contribution in [2.75, 3.05) is 0 Å². The standard InChI is InChI=1S/C12H8F10N2OS/c1-8(2-3-8)6(25)23-7-24-9(11(17,18)19,12(20,21)22)5(26-7)4(13)10(14,15)16/h2-3H2,1H3,(H,23,24,25). The highest BCUT2D eigenvalue weighted by Gasteiger charge is 2.77. The first-order valence-corrected chi connectivity index (χ1v) is 7.47. The van der Waals surface area contributed by atoms with Gasteiger partial charge in [0.1, 0.15) is 0 Å². The Bertz CT molecular complexity index is 670. The Labute approximate surface area is 142 Å². The topological polar surface area (TPSA) is 41.5 Å². The molecule has 0 saturated heterocycles. The molecule has 3 nitrogen and oxygen atoms in total. The van der Waals surface area contributed by atoms with Gasteiger partial charge in [-0.05, 0) is 12.8 Å². The van der Waals surface area contributed by atoms with Crippen LogP contribution in [0.4, 0.5) is 43.9 Å². The number of hydrogen-bond donors (Lipinski definition) is 1. The van der Waals surface area contributed by atoms with Gasteiger partial charge in [0, 0.05) is 5.41 Å². The SMILES string of the molecule is CC1(C(=O)NC2=NC(C(F)(F)F)(C(F)(F)F)C(=C(F)C(F)(F)F)S2)CC1. The lowest BCUT2D eigenvalue weighted by molar-refractivity contribution is -0.280. The molecule has 0 spiro atoms. The molecule has 0 aromatic heterocycles. The van der Waals surface area contributed by atoms with E-state index in [-0.39, 0.29) is 12.8 Å². The number of hydrogen-bond acceptors (Lipinski definition) is 3. The van der Waals surface area contributed by atoms with Crippen molar-refractivity contribution in [3.8, 4) is 0 Å². The van der Waals surface area contributed by atoms with Crippen LogP contribution in [0.2, 0.25) is 0 Å². The molecule has 0 aromatic carbocycles. The number of alkyl halides is 9. The van der Waals surface area contributed by atoms with E-state index in [1.54, 1.807) is 5.32 Å². The maximum atomic E-state index is 13.5. The van der Waals surface area contributed by atoms with Crippen molar-refractivity contribution in [2.45, 2.75) is 43.8 Å². The number of carbonyl (C=O) groups excluding carboxylic acids is 1. The van der Waals surface area contributed by atoms with E-state index in [9.17, 15) is 48.7 Å². The average molecular weight is 418 g/mol. The molecule has 1 aliphatic carbocycles. The monoisotopic (exact) mass is 418 g/mol. The third-order valence-electron chi connectivity index (χ3n) is 3.83. The second-order valence-corrected chi connectivity index (χ2v) is 6.88. The Morgan fingerprint density at radius 2 is 1.50 bits per heavy atom. The summed E-state index contributed by atoms with van der Waals surface area (Å²) in [5.74, 6) is -4.60. The first-order chi connectivity index (χ1) is 11.5. The highest BCUT2D eigenvalue weighted by atomic mass is 32.2. The van der Waals surface area contributed by atoms with Gasteiger partial charge < -0.3 is 5.32 Å². The maximum Gasteiger partial charge on any atom is 0.443 e. The van der Waals surface area contributed by atoms with Gasteiger partial charge in [-0.3, -0.25) is 4.79 Å². The molecule has 0 atom stereocenters. The van der Waals surface area contributed by atoms with Gasteiger partial charge in [0.15, 0.2) is 5.17 Å². The van der Waals surface area contributed by atoms with E-state index in [1.807, 2.05) is 0 Å². The predicted octanol–water partition coefficient (Wildman–Crippen LogP) is 4.61. The van der Waals surface area contributed by atoms with Crippen LogP contribution in [-0.4, -0.2) is 35.1 Å². The molecular formula is C12H8F10N2OS. The van der Waals surface area contributed by atoms with E-state index < -0.39 is 63.1 Å². The number of nitrogens with one attached hydrogen (secondary N) is 1. The minimum atomic E-state index is -6.44. The molecular weight excluding hydrogens is 410 g/mol. The van der Waals surface area contributed by atoms with Gasteiger partial charge in [0.25, 0.3) is 5.54 Å². The number of amidine groups is 1. The normalized spacial score (nSPS) is 24.2. The van der Waals surface area contributed by atoms with Crippen LogP contribution in [0.15, 0.2) is 15.7 Å². The van der Waals surface area contributed by atoms with E-state index in [0.29, 0.717) is 0 Å². The zero-order valence-corrected chi connectivity index (χ0v) is 13.3. The van der Waals surface area contributed by atoms with Crippen LogP contribution in [0.25, 0.3) is 0 Å². The van der Waals surface area contributed by atoms with Crippen molar-refractivity contribution in [1.82, 2.24) is 5.32 Å². The van der Waals surface area contributed by atoms with E-state index in [4.69, 9.17) is 0 Å². The van der Waals surface area contributed by atoms with Crippen molar-refractivity contribution >= 4 is 22.8 Å². The van der Waals surface area contributed by atoms with Gasteiger partial charge in [-0.1, -0.05) is 18.7 Å². The number of amides is 1. The number of aliphatic imine (C=N–C) groups is 1. The molecule has 148 valence electrons. The van der Waals surface area contributed by atoms with Gasteiger partial charge in [-0.2, -0.15) is 39.5 Å². The number of nitrogens with zero attached hydrogens (tertiary/aromatic N) is 1. The number of thioether (sulfide) groups is 1. The lowest BCUT2D eigenvalue weighted by Crippen LogP contribution is -2.55. The molecule has 0 unspecified atom stereocenters. The Hall–Kier alpha value is -1.47. The molecule has 1 amide bonds. The molecule has 1 fully saturated rings. The first-order valence-electron chi connectivity index (χ1n) is 6.66. The van der Waals surface area contributed by atoms with Crippen LogP contribution >= 0.6 is 11.8 Å². The van der Waals surface area contributed by atoms with Crippen LogP contribution in [0, 0.1) is 5.41 Å². The Morgan fingerprint density at radius 3 is 1.85 bits per heavy atom. The number of allylic oxidation sites excluding steroid dienone is 1. The first kappa shape index (κ1) is 20.8. The lowest BCUT2D eigenvalue weighted by atomic mass is 9.97. The highest BCUT2D eigenvalue weighted by Crippen LogP contribution is 2.59. The van der Waals surface area contributed by atoms with Crippen LogP contribution in [0.1, 0.15) is 19.8 Å². The smallest absolute Gasteiger partial charge is 0.305 e. The quantitative estimate of drug-likeness (QED) is 0.632. The Kier molecular flexibility index (Phi) is 4.62. The van der Waals surface area contributed by atoms with Crippen molar-refractivity contribution in [3.05, 3.63) is 10.7 Å².